The van der Waals surface area contributed by atoms with E-state index in [2.05, 4.69) is 6.07 Å². The first-order valence-corrected chi connectivity index (χ1v) is 7.86. The molecule has 5 nitrogen and oxygen atoms in total. The van der Waals surface area contributed by atoms with Crippen LogP contribution in [0, 0.1) is 11.3 Å². The SMILES string of the molecule is CCCN(CCO)C(=O)c1cccc(Oc2ccc(C#N)cc2)c1. The highest BCUT2D eigenvalue weighted by molar-refractivity contribution is 5.94. The zero-order valence-corrected chi connectivity index (χ0v) is 13.6. The van der Waals surface area contributed by atoms with E-state index in [1.54, 1.807) is 53.4 Å². The normalized spacial score (nSPS) is 10.0. The number of carbonyl (C=O) groups is 1. The Morgan fingerprint density at radius 1 is 1.17 bits per heavy atom. The summed E-state index contributed by atoms with van der Waals surface area (Å²) in [5, 5.41) is 17.9. The maximum absolute atomic E-state index is 12.5. The molecule has 0 aliphatic carbocycles. The molecule has 0 atom stereocenters. The van der Waals surface area contributed by atoms with Crippen LogP contribution in [0.4, 0.5) is 0 Å². The van der Waals surface area contributed by atoms with Gasteiger partial charge in [-0.15, -0.1) is 0 Å². The third-order valence-electron chi connectivity index (χ3n) is 3.45. The molecule has 0 aliphatic rings. The molecule has 124 valence electrons. The van der Waals surface area contributed by atoms with Crippen LogP contribution < -0.4 is 4.74 Å². The summed E-state index contributed by atoms with van der Waals surface area (Å²) >= 11 is 0. The lowest BCUT2D eigenvalue weighted by atomic mass is 10.1. The zero-order chi connectivity index (χ0) is 17.4. The van der Waals surface area contributed by atoms with Gasteiger partial charge in [-0.25, -0.2) is 0 Å². The van der Waals surface area contributed by atoms with Crippen LogP contribution in [-0.4, -0.2) is 35.6 Å². The molecule has 5 heteroatoms. The first-order valence-electron chi connectivity index (χ1n) is 7.86. The Hall–Kier alpha value is -2.84. The fourth-order valence-corrected chi connectivity index (χ4v) is 2.31. The van der Waals surface area contributed by atoms with Crippen LogP contribution in [0.3, 0.4) is 0 Å². The molecule has 0 aromatic heterocycles. The second-order valence-electron chi connectivity index (χ2n) is 5.28. The molecule has 0 saturated carbocycles. The quantitative estimate of drug-likeness (QED) is 0.849. The van der Waals surface area contributed by atoms with Crippen molar-refractivity contribution in [1.82, 2.24) is 4.90 Å². The van der Waals surface area contributed by atoms with Gasteiger partial charge in [0.1, 0.15) is 11.5 Å². The number of aliphatic hydroxyl groups excluding tert-OH is 1. The molecule has 1 amide bonds. The number of ether oxygens (including phenoxy) is 1. The van der Waals surface area contributed by atoms with Crippen LogP contribution in [0.15, 0.2) is 48.5 Å². The predicted octanol–water partition coefficient (Wildman–Crippen LogP) is 3.20. The first-order chi connectivity index (χ1) is 11.7. The maximum Gasteiger partial charge on any atom is 0.254 e. The minimum atomic E-state index is -0.129. The molecule has 0 aliphatic heterocycles. The van der Waals surface area contributed by atoms with Gasteiger partial charge in [-0.05, 0) is 48.9 Å². The second-order valence-corrected chi connectivity index (χ2v) is 5.28. The minimum absolute atomic E-state index is 0.0623. The van der Waals surface area contributed by atoms with Gasteiger partial charge in [0.25, 0.3) is 5.91 Å². The van der Waals surface area contributed by atoms with Gasteiger partial charge in [0, 0.05) is 18.7 Å². The van der Waals surface area contributed by atoms with Crippen molar-refractivity contribution >= 4 is 5.91 Å². The highest BCUT2D eigenvalue weighted by Gasteiger charge is 2.15. The molecule has 2 rings (SSSR count). The molecule has 0 spiro atoms. The van der Waals surface area contributed by atoms with Crippen LogP contribution in [0.1, 0.15) is 29.3 Å². The Morgan fingerprint density at radius 3 is 2.54 bits per heavy atom. The van der Waals surface area contributed by atoms with Crippen molar-refractivity contribution in [3.63, 3.8) is 0 Å². The van der Waals surface area contributed by atoms with Gasteiger partial charge >= 0.3 is 0 Å². The Kier molecular flexibility index (Phi) is 6.35. The van der Waals surface area contributed by atoms with Crippen molar-refractivity contribution in [3.8, 4) is 17.6 Å². The molecule has 0 fully saturated rings. The Morgan fingerprint density at radius 2 is 1.92 bits per heavy atom. The van der Waals surface area contributed by atoms with Crippen molar-refractivity contribution < 1.29 is 14.6 Å². The van der Waals surface area contributed by atoms with E-state index in [1.165, 1.54) is 0 Å². The van der Waals surface area contributed by atoms with Crippen molar-refractivity contribution in [2.24, 2.45) is 0 Å². The van der Waals surface area contributed by atoms with Gasteiger partial charge < -0.3 is 14.7 Å². The predicted molar refractivity (Wildman–Crippen MR) is 91.0 cm³/mol. The van der Waals surface area contributed by atoms with Crippen LogP contribution in [0.25, 0.3) is 0 Å². The average molecular weight is 324 g/mol. The van der Waals surface area contributed by atoms with Crippen LogP contribution in [-0.2, 0) is 0 Å². The summed E-state index contributed by atoms with van der Waals surface area (Å²) in [5.41, 5.74) is 1.08. The van der Waals surface area contributed by atoms with Gasteiger partial charge in [0.15, 0.2) is 0 Å². The maximum atomic E-state index is 12.5. The number of nitriles is 1. The average Bonchev–Trinajstić information content (AvgIpc) is 2.62. The Labute approximate surface area is 141 Å². The van der Waals surface area contributed by atoms with E-state index in [1.807, 2.05) is 6.92 Å². The molecular weight excluding hydrogens is 304 g/mol. The molecule has 0 heterocycles. The summed E-state index contributed by atoms with van der Waals surface area (Å²) in [6.45, 7) is 2.84. The number of carbonyl (C=O) groups excluding carboxylic acids is 1. The van der Waals surface area contributed by atoms with Crippen LogP contribution >= 0.6 is 0 Å². The smallest absolute Gasteiger partial charge is 0.254 e. The van der Waals surface area contributed by atoms with Gasteiger partial charge in [-0.3, -0.25) is 4.79 Å². The zero-order valence-electron chi connectivity index (χ0n) is 13.6. The number of benzene rings is 2. The molecule has 0 radical (unpaired) electrons. The van der Waals surface area contributed by atoms with E-state index in [4.69, 9.17) is 15.1 Å². The molecule has 0 unspecified atom stereocenters. The molecule has 0 bridgehead atoms. The van der Waals surface area contributed by atoms with E-state index < -0.39 is 0 Å². The summed E-state index contributed by atoms with van der Waals surface area (Å²) in [4.78, 5) is 14.2. The molecule has 24 heavy (non-hydrogen) atoms. The van der Waals surface area contributed by atoms with E-state index >= 15 is 0 Å². The van der Waals surface area contributed by atoms with E-state index in [0.29, 0.717) is 35.7 Å². The third kappa shape index (κ3) is 4.58. The monoisotopic (exact) mass is 324 g/mol. The van der Waals surface area contributed by atoms with Crippen molar-refractivity contribution in [1.29, 1.82) is 5.26 Å². The van der Waals surface area contributed by atoms with Crippen LogP contribution in [0.5, 0.6) is 11.5 Å². The summed E-state index contributed by atoms with van der Waals surface area (Å²) in [5.74, 6) is 1.02. The van der Waals surface area contributed by atoms with Gasteiger partial charge in [0.05, 0.1) is 18.2 Å². The molecule has 0 saturated heterocycles. The van der Waals surface area contributed by atoms with E-state index in [0.717, 1.165) is 6.42 Å². The lowest BCUT2D eigenvalue weighted by Gasteiger charge is -2.21. The van der Waals surface area contributed by atoms with E-state index in [-0.39, 0.29) is 12.5 Å². The van der Waals surface area contributed by atoms with Crippen molar-refractivity contribution in [2.75, 3.05) is 19.7 Å². The standard InChI is InChI=1S/C19H20N2O3/c1-2-10-21(11-12-22)19(23)16-4-3-5-18(13-16)24-17-8-6-15(14-20)7-9-17/h3-9,13,22H,2,10-12H2,1H3. The lowest BCUT2D eigenvalue weighted by molar-refractivity contribution is 0.0721. The molecule has 2 aromatic rings. The summed E-state index contributed by atoms with van der Waals surface area (Å²) in [7, 11) is 0. The number of nitrogens with zero attached hydrogens (tertiary/aromatic N) is 2. The van der Waals surface area contributed by atoms with Gasteiger partial charge in [0.2, 0.25) is 0 Å². The van der Waals surface area contributed by atoms with Gasteiger partial charge in [-0.2, -0.15) is 5.26 Å². The largest absolute Gasteiger partial charge is 0.457 e. The number of hydrogen-bond acceptors (Lipinski definition) is 4. The van der Waals surface area contributed by atoms with Crippen LogP contribution in [0.2, 0.25) is 0 Å². The fourth-order valence-electron chi connectivity index (χ4n) is 2.31. The topological polar surface area (TPSA) is 73.6 Å². The summed E-state index contributed by atoms with van der Waals surface area (Å²) < 4.78 is 5.74. The van der Waals surface area contributed by atoms with Crippen molar-refractivity contribution in [3.05, 3.63) is 59.7 Å². The summed E-state index contributed by atoms with van der Waals surface area (Å²) in [6.07, 6.45) is 0.827. The lowest BCUT2D eigenvalue weighted by Crippen LogP contribution is -2.34. The highest BCUT2D eigenvalue weighted by atomic mass is 16.5. The number of aliphatic hydroxyl groups is 1. The molecular formula is C19H20N2O3. The molecule has 2 aromatic carbocycles. The number of hydrogen-bond donors (Lipinski definition) is 1. The van der Waals surface area contributed by atoms with Gasteiger partial charge in [-0.1, -0.05) is 13.0 Å². The molecule has 1 N–H and O–H groups in total. The summed E-state index contributed by atoms with van der Waals surface area (Å²) in [6, 6.07) is 15.8. The Balaban J connectivity index is 2.15. The van der Waals surface area contributed by atoms with Crippen molar-refractivity contribution in [2.45, 2.75) is 13.3 Å². The third-order valence-corrected chi connectivity index (χ3v) is 3.45. The number of rotatable bonds is 7. The number of amides is 1. The highest BCUT2D eigenvalue weighted by Crippen LogP contribution is 2.23. The fraction of sp³-hybridized carbons (Fsp3) is 0.263. The minimum Gasteiger partial charge on any atom is -0.457 e. The second kappa shape index (κ2) is 8.70. The first kappa shape index (κ1) is 17.5. The van der Waals surface area contributed by atoms with E-state index in [9.17, 15) is 4.79 Å². The Bertz CT molecular complexity index is 714.